The number of hydrogen-bond donors (Lipinski definition) is 2. The molecule has 1 aromatic carbocycles. The smallest absolute Gasteiger partial charge is 0.294 e. The Morgan fingerprint density at radius 2 is 2.00 bits per heavy atom. The van der Waals surface area contributed by atoms with Gasteiger partial charge in [-0.05, 0) is 62.2 Å². The summed E-state index contributed by atoms with van der Waals surface area (Å²) in [6, 6.07) is 8.06. The number of rotatable bonds is 2. The molecular weight excluding hydrogens is 422 g/mol. The molecular formula is C25H25N3O3S. The maximum Gasteiger partial charge on any atom is 0.294 e. The Morgan fingerprint density at radius 1 is 1.22 bits per heavy atom. The number of allylic oxidation sites excluding steroid dienone is 3. The molecule has 0 saturated heterocycles. The van der Waals surface area contributed by atoms with Crippen LogP contribution in [0.25, 0.3) is 0 Å². The third kappa shape index (κ3) is 3.12. The Kier molecular flexibility index (Phi) is 5.03. The Hall–Kier alpha value is -3.15. The minimum atomic E-state index is -0.735. The first kappa shape index (κ1) is 20.7. The van der Waals surface area contributed by atoms with Crippen LogP contribution in [0, 0.1) is 10.7 Å². The Labute approximate surface area is 191 Å². The molecule has 0 radical (unpaired) electrons. The molecule has 0 spiro atoms. The maximum absolute atomic E-state index is 13.3. The number of fused-ring (bicyclic) bond motifs is 3. The zero-order valence-electron chi connectivity index (χ0n) is 18.0. The lowest BCUT2D eigenvalue weighted by Gasteiger charge is -2.43. The average molecular weight is 448 g/mol. The molecule has 2 heterocycles. The van der Waals surface area contributed by atoms with Crippen LogP contribution in [0.15, 0.2) is 58.6 Å². The summed E-state index contributed by atoms with van der Waals surface area (Å²) in [6.45, 7) is 4.32. The summed E-state index contributed by atoms with van der Waals surface area (Å²) in [5.41, 5.74) is 6.31. The van der Waals surface area contributed by atoms with Gasteiger partial charge in [-0.15, -0.1) is 5.73 Å². The van der Waals surface area contributed by atoms with Gasteiger partial charge in [0.2, 0.25) is 5.75 Å². The van der Waals surface area contributed by atoms with Crippen molar-refractivity contribution in [2.45, 2.75) is 44.7 Å². The monoisotopic (exact) mass is 447 g/mol. The number of carbonyl (C=O) groups is 1. The lowest BCUT2D eigenvalue weighted by Crippen LogP contribution is -2.50. The molecule has 0 fully saturated rings. The highest BCUT2D eigenvalue weighted by Gasteiger charge is 2.44. The van der Waals surface area contributed by atoms with Gasteiger partial charge >= 0.3 is 0 Å². The zero-order valence-corrected chi connectivity index (χ0v) is 18.9. The third-order valence-electron chi connectivity index (χ3n) is 6.92. The molecule has 2 N–H and O–H groups in total. The van der Waals surface area contributed by atoms with Gasteiger partial charge in [0.1, 0.15) is 0 Å². The number of hydrogen-bond acceptors (Lipinski definition) is 4. The molecule has 164 valence electrons. The largest absolute Gasteiger partial charge is 0.501 e. The lowest BCUT2D eigenvalue weighted by atomic mass is 9.75. The van der Waals surface area contributed by atoms with E-state index in [2.05, 4.69) is 41.1 Å². The first-order chi connectivity index (χ1) is 15.4. The molecule has 3 aliphatic rings. The summed E-state index contributed by atoms with van der Waals surface area (Å²) in [4.78, 5) is 29.9. The van der Waals surface area contributed by atoms with Gasteiger partial charge in [-0.1, -0.05) is 35.9 Å². The van der Waals surface area contributed by atoms with Crippen molar-refractivity contribution >= 4 is 18.1 Å². The third-order valence-corrected chi connectivity index (χ3v) is 7.22. The highest BCUT2D eigenvalue weighted by molar-refractivity contribution is 7.71. The number of amides is 1. The van der Waals surface area contributed by atoms with E-state index in [4.69, 9.17) is 12.2 Å². The maximum atomic E-state index is 13.3. The normalized spacial score (nSPS) is 24.0. The number of H-pyrrole nitrogens is 1. The van der Waals surface area contributed by atoms with Crippen LogP contribution in [-0.4, -0.2) is 38.1 Å². The molecule has 0 saturated carbocycles. The van der Waals surface area contributed by atoms with Crippen LogP contribution < -0.4 is 5.56 Å². The number of aromatic nitrogens is 2. The van der Waals surface area contributed by atoms with Crippen LogP contribution in [0.4, 0.5) is 0 Å². The van der Waals surface area contributed by atoms with Crippen molar-refractivity contribution in [1.82, 2.24) is 14.5 Å². The van der Waals surface area contributed by atoms with E-state index in [9.17, 15) is 14.7 Å². The number of benzene rings is 1. The number of aromatic amines is 1. The fraction of sp³-hybridized carbons (Fsp3) is 0.360. The molecule has 2 aliphatic carbocycles. The topological polar surface area (TPSA) is 78.3 Å². The van der Waals surface area contributed by atoms with Crippen molar-refractivity contribution in [3.05, 3.63) is 85.7 Å². The summed E-state index contributed by atoms with van der Waals surface area (Å²) in [6.07, 6.45) is 8.08. The second-order valence-electron chi connectivity index (χ2n) is 8.94. The van der Waals surface area contributed by atoms with Crippen molar-refractivity contribution in [3.8, 4) is 5.75 Å². The summed E-state index contributed by atoms with van der Waals surface area (Å²) in [5, 5.41) is 10.6. The molecule has 2 aromatic rings. The Morgan fingerprint density at radius 3 is 2.78 bits per heavy atom. The fourth-order valence-electron chi connectivity index (χ4n) is 5.41. The van der Waals surface area contributed by atoms with E-state index in [0.29, 0.717) is 6.54 Å². The number of nitrogens with one attached hydrogen (secondary N) is 1. The molecule has 1 amide bonds. The van der Waals surface area contributed by atoms with Crippen LogP contribution >= 0.6 is 12.2 Å². The van der Waals surface area contributed by atoms with Gasteiger partial charge in [0, 0.05) is 24.4 Å². The summed E-state index contributed by atoms with van der Waals surface area (Å²) < 4.78 is 1.84. The molecule has 1 aromatic heterocycles. The molecule has 5 rings (SSSR count). The molecule has 0 bridgehead atoms. The van der Waals surface area contributed by atoms with Crippen LogP contribution in [0.2, 0.25) is 0 Å². The van der Waals surface area contributed by atoms with Crippen LogP contribution in [0.1, 0.15) is 53.8 Å². The van der Waals surface area contributed by atoms with Gasteiger partial charge in [-0.2, -0.15) is 0 Å². The summed E-state index contributed by atoms with van der Waals surface area (Å²) in [7, 11) is 0. The molecule has 32 heavy (non-hydrogen) atoms. The van der Waals surface area contributed by atoms with Crippen LogP contribution in [0.5, 0.6) is 5.75 Å². The highest BCUT2D eigenvalue weighted by atomic mass is 32.1. The van der Waals surface area contributed by atoms with E-state index >= 15 is 0 Å². The predicted octanol–water partition coefficient (Wildman–Crippen LogP) is 4.01. The van der Waals surface area contributed by atoms with Crippen LogP contribution in [-0.2, 0) is 6.42 Å². The standard InChI is InChI=1S/C25H25N3O3S/c1-14(2)27-13-19(28-21(24(27)31)22(29)23(30)26-25(28)32)20-17-9-5-3-7-15(17)11-12-16-8-4-6-10-18(16)20/h3-5,7-10,14,18-20,29H,11-13H2,1-2H3,(H,26,30,32). The lowest BCUT2D eigenvalue weighted by molar-refractivity contribution is 0.0567. The number of aryl methyl sites for hydroxylation is 1. The number of carbonyl (C=O) groups excluding carboxylic acids is 1. The molecule has 6 nitrogen and oxygen atoms in total. The molecule has 3 unspecified atom stereocenters. The van der Waals surface area contributed by atoms with Gasteiger partial charge in [-0.3, -0.25) is 14.6 Å². The first-order valence-corrected chi connectivity index (χ1v) is 11.4. The van der Waals surface area contributed by atoms with Gasteiger partial charge < -0.3 is 14.6 Å². The quantitative estimate of drug-likeness (QED) is 0.539. The van der Waals surface area contributed by atoms with Gasteiger partial charge in [0.05, 0.1) is 6.04 Å². The van der Waals surface area contributed by atoms with E-state index in [1.54, 1.807) is 9.47 Å². The van der Waals surface area contributed by atoms with Crippen LogP contribution in [0.3, 0.4) is 0 Å². The second kappa shape index (κ2) is 7.76. The van der Waals surface area contributed by atoms with Crippen molar-refractivity contribution < 1.29 is 9.90 Å². The predicted molar refractivity (Wildman–Crippen MR) is 124 cm³/mol. The molecule has 7 heteroatoms. The zero-order chi connectivity index (χ0) is 22.6. The van der Waals surface area contributed by atoms with Gasteiger partial charge in [0.15, 0.2) is 10.5 Å². The SMILES string of the molecule is CC(C)N1CC(C2c3ccccc3CCC3=CC=C=CC32)n2c(c(O)c(=O)[nH]c2=S)C1=O. The minimum Gasteiger partial charge on any atom is -0.501 e. The van der Waals surface area contributed by atoms with Crippen molar-refractivity contribution in [2.75, 3.05) is 6.54 Å². The minimum absolute atomic E-state index is 0.0220. The summed E-state index contributed by atoms with van der Waals surface area (Å²) >= 11 is 5.55. The Bertz CT molecular complexity index is 1330. The first-order valence-electron chi connectivity index (χ1n) is 11.0. The van der Waals surface area contributed by atoms with E-state index in [1.807, 2.05) is 26.0 Å². The van der Waals surface area contributed by atoms with E-state index in [0.717, 1.165) is 12.8 Å². The van der Waals surface area contributed by atoms with Crippen molar-refractivity contribution in [2.24, 2.45) is 5.92 Å². The van der Waals surface area contributed by atoms with E-state index in [1.165, 1.54) is 16.7 Å². The molecule has 3 atom stereocenters. The second-order valence-corrected chi connectivity index (χ2v) is 9.32. The van der Waals surface area contributed by atoms with Crippen molar-refractivity contribution in [1.29, 1.82) is 0 Å². The van der Waals surface area contributed by atoms with Gasteiger partial charge in [0.25, 0.3) is 11.5 Å². The number of aromatic hydroxyl groups is 1. The van der Waals surface area contributed by atoms with Crippen molar-refractivity contribution in [3.63, 3.8) is 0 Å². The van der Waals surface area contributed by atoms with E-state index < -0.39 is 11.3 Å². The van der Waals surface area contributed by atoms with E-state index in [-0.39, 0.29) is 40.3 Å². The number of nitrogens with zero attached hydrogens (tertiary/aromatic N) is 2. The molecule has 1 aliphatic heterocycles. The summed E-state index contributed by atoms with van der Waals surface area (Å²) in [5.74, 6) is -0.899. The Balaban J connectivity index is 1.81. The average Bonchev–Trinajstić information content (AvgIpc) is 2.94. The van der Waals surface area contributed by atoms with Gasteiger partial charge in [-0.25, -0.2) is 0 Å². The fourth-order valence-corrected chi connectivity index (χ4v) is 5.72. The highest BCUT2D eigenvalue weighted by Crippen LogP contribution is 2.47.